The summed E-state index contributed by atoms with van der Waals surface area (Å²) in [5, 5.41) is 3.08. The Morgan fingerprint density at radius 1 is 1.35 bits per heavy atom. The third-order valence-corrected chi connectivity index (χ3v) is 2.74. The van der Waals surface area contributed by atoms with E-state index in [-0.39, 0.29) is 5.82 Å². The Hall–Kier alpha value is -1.56. The molecule has 6 heteroatoms. The van der Waals surface area contributed by atoms with Crippen molar-refractivity contribution in [3.05, 3.63) is 46.8 Å². The van der Waals surface area contributed by atoms with Crippen LogP contribution in [-0.2, 0) is 6.42 Å². The molecular weight excluding hydrogens is 287 g/mol. The van der Waals surface area contributed by atoms with Crippen LogP contribution in [0.4, 0.5) is 10.2 Å². The summed E-state index contributed by atoms with van der Waals surface area (Å²) >= 11 is 3.32. The molecule has 2 aromatic rings. The highest BCUT2D eigenvalue weighted by Crippen LogP contribution is 2.16. The molecule has 17 heavy (non-hydrogen) atoms. The Bertz CT molecular complexity index is 461. The number of nitrogens with one attached hydrogen (secondary N) is 1. The number of aromatic nitrogens is 3. The second-order valence-corrected chi connectivity index (χ2v) is 4.18. The van der Waals surface area contributed by atoms with E-state index in [1.807, 2.05) is 0 Å². The zero-order chi connectivity index (χ0) is 12.1. The molecular formula is C11H10BrFN4. The fourth-order valence-corrected chi connectivity index (χ4v) is 1.71. The highest BCUT2D eigenvalue weighted by Gasteiger charge is 2.03. The second kappa shape index (κ2) is 5.67. The molecule has 0 unspecified atom stereocenters. The molecule has 0 aliphatic heterocycles. The molecule has 0 aromatic carbocycles. The lowest BCUT2D eigenvalue weighted by Gasteiger charge is -2.06. The normalized spacial score (nSPS) is 10.2. The van der Waals surface area contributed by atoms with Crippen LogP contribution in [0.15, 0.2) is 35.3 Å². The maximum atomic E-state index is 13.3. The zero-order valence-corrected chi connectivity index (χ0v) is 10.5. The largest absolute Gasteiger partial charge is 0.369 e. The molecule has 2 heterocycles. The molecule has 0 saturated heterocycles. The smallest absolute Gasteiger partial charge is 0.144 e. The van der Waals surface area contributed by atoms with Gasteiger partial charge in [0.2, 0.25) is 0 Å². The molecule has 0 radical (unpaired) electrons. The van der Waals surface area contributed by atoms with Gasteiger partial charge in [-0.05, 0) is 28.1 Å². The van der Waals surface area contributed by atoms with Crippen molar-refractivity contribution in [2.24, 2.45) is 0 Å². The molecule has 0 atom stereocenters. The van der Waals surface area contributed by atoms with Crippen LogP contribution in [0.5, 0.6) is 0 Å². The first-order valence-corrected chi connectivity index (χ1v) is 5.85. The van der Waals surface area contributed by atoms with Gasteiger partial charge in [-0.3, -0.25) is 4.98 Å². The van der Waals surface area contributed by atoms with Crippen LogP contribution in [0, 0.1) is 5.82 Å². The van der Waals surface area contributed by atoms with E-state index in [4.69, 9.17) is 0 Å². The summed E-state index contributed by atoms with van der Waals surface area (Å²) in [5.74, 6) is 0.410. The fourth-order valence-electron chi connectivity index (χ4n) is 1.34. The first kappa shape index (κ1) is 11.9. The number of halogens is 2. The van der Waals surface area contributed by atoms with Crippen molar-refractivity contribution in [1.82, 2.24) is 15.0 Å². The minimum Gasteiger partial charge on any atom is -0.369 e. The number of hydrogen-bond donors (Lipinski definition) is 1. The van der Waals surface area contributed by atoms with E-state index in [9.17, 15) is 4.39 Å². The zero-order valence-electron chi connectivity index (χ0n) is 8.90. The predicted octanol–water partition coefficient (Wildman–Crippen LogP) is 2.43. The molecule has 2 rings (SSSR count). The van der Waals surface area contributed by atoms with Crippen LogP contribution in [0.2, 0.25) is 0 Å². The van der Waals surface area contributed by atoms with Crippen molar-refractivity contribution in [2.75, 3.05) is 11.9 Å². The van der Waals surface area contributed by atoms with Crippen molar-refractivity contribution in [1.29, 1.82) is 0 Å². The third-order valence-electron chi connectivity index (χ3n) is 2.16. The molecule has 1 N–H and O–H groups in total. The summed E-state index contributed by atoms with van der Waals surface area (Å²) in [6.07, 6.45) is 5.19. The molecule has 0 saturated carbocycles. The molecule has 4 nitrogen and oxygen atoms in total. The average molecular weight is 297 g/mol. The highest BCUT2D eigenvalue weighted by molar-refractivity contribution is 9.10. The standard InChI is InChI=1S/C11H10BrFN4/c12-8-6-14-7-17-11(8)16-5-3-10-9(13)2-1-4-15-10/h1-2,4,6-7H,3,5H2,(H,14,16,17). The number of pyridine rings is 1. The fraction of sp³-hybridized carbons (Fsp3) is 0.182. The summed E-state index contributed by atoms with van der Waals surface area (Å²) in [5.41, 5.74) is 0.449. The van der Waals surface area contributed by atoms with Gasteiger partial charge >= 0.3 is 0 Å². The van der Waals surface area contributed by atoms with Gasteiger partial charge in [0.1, 0.15) is 18.0 Å². The summed E-state index contributed by atoms with van der Waals surface area (Å²) in [6.45, 7) is 0.559. The van der Waals surface area contributed by atoms with Crippen molar-refractivity contribution >= 4 is 21.7 Å². The summed E-state index contributed by atoms with van der Waals surface area (Å²) in [4.78, 5) is 11.9. The van der Waals surface area contributed by atoms with Crippen LogP contribution in [0.3, 0.4) is 0 Å². The van der Waals surface area contributed by atoms with Gasteiger partial charge in [0, 0.05) is 25.4 Å². The van der Waals surface area contributed by atoms with Gasteiger partial charge in [-0.15, -0.1) is 0 Å². The monoisotopic (exact) mass is 296 g/mol. The van der Waals surface area contributed by atoms with Crippen molar-refractivity contribution in [2.45, 2.75) is 6.42 Å². The predicted molar refractivity (Wildman–Crippen MR) is 66.1 cm³/mol. The Morgan fingerprint density at radius 2 is 2.24 bits per heavy atom. The van der Waals surface area contributed by atoms with Crippen molar-refractivity contribution in [3.63, 3.8) is 0 Å². The lowest BCUT2D eigenvalue weighted by atomic mass is 10.2. The Kier molecular flexibility index (Phi) is 3.98. The molecule has 0 spiro atoms. The van der Waals surface area contributed by atoms with Gasteiger partial charge in [0.05, 0.1) is 10.2 Å². The maximum Gasteiger partial charge on any atom is 0.144 e. The number of rotatable bonds is 4. The maximum absolute atomic E-state index is 13.3. The first-order chi connectivity index (χ1) is 8.27. The van der Waals surface area contributed by atoms with E-state index in [0.29, 0.717) is 24.5 Å². The van der Waals surface area contributed by atoms with E-state index in [0.717, 1.165) is 4.47 Å². The minimum absolute atomic E-state index is 0.281. The molecule has 0 aliphatic rings. The van der Waals surface area contributed by atoms with Gasteiger partial charge in [0.25, 0.3) is 0 Å². The van der Waals surface area contributed by atoms with Gasteiger partial charge < -0.3 is 5.32 Å². The third kappa shape index (κ3) is 3.20. The van der Waals surface area contributed by atoms with E-state index in [2.05, 4.69) is 36.2 Å². The number of nitrogens with zero attached hydrogens (tertiary/aromatic N) is 3. The molecule has 88 valence electrons. The molecule has 0 amide bonds. The molecule has 0 fully saturated rings. The lowest BCUT2D eigenvalue weighted by molar-refractivity contribution is 0.600. The second-order valence-electron chi connectivity index (χ2n) is 3.33. The van der Waals surface area contributed by atoms with Crippen LogP contribution < -0.4 is 5.32 Å². The Labute approximate surface area is 106 Å². The highest BCUT2D eigenvalue weighted by atomic mass is 79.9. The van der Waals surface area contributed by atoms with Gasteiger partial charge in [-0.1, -0.05) is 0 Å². The average Bonchev–Trinajstić information content (AvgIpc) is 2.34. The van der Waals surface area contributed by atoms with E-state index >= 15 is 0 Å². The quantitative estimate of drug-likeness (QED) is 0.941. The Balaban J connectivity index is 1.93. The van der Waals surface area contributed by atoms with Gasteiger partial charge in [-0.25, -0.2) is 14.4 Å². The lowest BCUT2D eigenvalue weighted by Crippen LogP contribution is -2.09. The topological polar surface area (TPSA) is 50.7 Å². The summed E-state index contributed by atoms with van der Waals surface area (Å²) in [7, 11) is 0. The van der Waals surface area contributed by atoms with Crippen LogP contribution in [0.25, 0.3) is 0 Å². The van der Waals surface area contributed by atoms with Crippen molar-refractivity contribution < 1.29 is 4.39 Å². The van der Waals surface area contributed by atoms with Crippen LogP contribution in [0.1, 0.15) is 5.69 Å². The number of hydrogen-bond acceptors (Lipinski definition) is 4. The van der Waals surface area contributed by atoms with Gasteiger partial charge in [-0.2, -0.15) is 0 Å². The van der Waals surface area contributed by atoms with Gasteiger partial charge in [0.15, 0.2) is 0 Å². The number of anilines is 1. The summed E-state index contributed by atoms with van der Waals surface area (Å²) < 4.78 is 14.0. The van der Waals surface area contributed by atoms with E-state index in [1.165, 1.54) is 12.4 Å². The minimum atomic E-state index is -0.281. The van der Waals surface area contributed by atoms with Crippen LogP contribution >= 0.6 is 15.9 Å². The molecule has 0 aliphatic carbocycles. The van der Waals surface area contributed by atoms with E-state index in [1.54, 1.807) is 18.5 Å². The SMILES string of the molecule is Fc1cccnc1CCNc1ncncc1Br. The molecule has 2 aromatic heterocycles. The summed E-state index contributed by atoms with van der Waals surface area (Å²) in [6, 6.07) is 2.98. The molecule has 0 bridgehead atoms. The Morgan fingerprint density at radius 3 is 3.00 bits per heavy atom. The van der Waals surface area contributed by atoms with E-state index < -0.39 is 0 Å². The first-order valence-electron chi connectivity index (χ1n) is 5.06. The van der Waals surface area contributed by atoms with Crippen LogP contribution in [-0.4, -0.2) is 21.5 Å². The van der Waals surface area contributed by atoms with Crippen molar-refractivity contribution in [3.8, 4) is 0 Å².